The first-order valence-corrected chi connectivity index (χ1v) is 6.88. The van der Waals surface area contributed by atoms with E-state index in [1.807, 2.05) is 14.1 Å². The zero-order valence-corrected chi connectivity index (χ0v) is 12.6. The van der Waals surface area contributed by atoms with Crippen molar-refractivity contribution >= 4 is 5.91 Å². The topological polar surface area (TPSA) is 32.3 Å². The summed E-state index contributed by atoms with van der Waals surface area (Å²) >= 11 is 0. The molecule has 0 saturated heterocycles. The van der Waals surface area contributed by atoms with Crippen molar-refractivity contribution in [2.24, 2.45) is 0 Å². The van der Waals surface area contributed by atoms with Crippen molar-refractivity contribution in [3.8, 4) is 0 Å². The SMILES string of the molecule is CN(C)C(=O)C1NCCc2ccc(C(C)(C)C)cc21. The van der Waals surface area contributed by atoms with Gasteiger partial charge in [0.15, 0.2) is 0 Å². The zero-order chi connectivity index (χ0) is 14.2. The van der Waals surface area contributed by atoms with Crippen LogP contribution >= 0.6 is 0 Å². The number of hydrogen-bond acceptors (Lipinski definition) is 2. The number of carbonyl (C=O) groups excluding carboxylic acids is 1. The Kier molecular flexibility index (Phi) is 3.68. The van der Waals surface area contributed by atoms with Gasteiger partial charge in [-0.15, -0.1) is 0 Å². The van der Waals surface area contributed by atoms with Crippen LogP contribution < -0.4 is 5.32 Å². The fourth-order valence-corrected chi connectivity index (χ4v) is 2.50. The van der Waals surface area contributed by atoms with Gasteiger partial charge in [-0.25, -0.2) is 0 Å². The number of amides is 1. The van der Waals surface area contributed by atoms with Crippen LogP contribution in [0.25, 0.3) is 0 Å². The van der Waals surface area contributed by atoms with Gasteiger partial charge in [0.05, 0.1) is 0 Å². The molecule has 0 spiro atoms. The average molecular weight is 260 g/mol. The van der Waals surface area contributed by atoms with Gasteiger partial charge in [-0.2, -0.15) is 0 Å². The molecule has 0 aromatic heterocycles. The molecule has 19 heavy (non-hydrogen) atoms. The van der Waals surface area contributed by atoms with Gasteiger partial charge in [0.2, 0.25) is 5.91 Å². The molecule has 0 fully saturated rings. The van der Waals surface area contributed by atoms with Gasteiger partial charge in [0.25, 0.3) is 0 Å². The van der Waals surface area contributed by atoms with Gasteiger partial charge < -0.3 is 10.2 Å². The highest BCUT2D eigenvalue weighted by Gasteiger charge is 2.28. The number of nitrogens with zero attached hydrogens (tertiary/aromatic N) is 1. The number of fused-ring (bicyclic) bond motifs is 1. The summed E-state index contributed by atoms with van der Waals surface area (Å²) in [6, 6.07) is 6.39. The van der Waals surface area contributed by atoms with Crippen molar-refractivity contribution < 1.29 is 4.79 Å². The van der Waals surface area contributed by atoms with Crippen LogP contribution in [0.15, 0.2) is 18.2 Å². The lowest BCUT2D eigenvalue weighted by molar-refractivity contribution is -0.131. The largest absolute Gasteiger partial charge is 0.347 e. The van der Waals surface area contributed by atoms with Crippen LogP contribution in [0.5, 0.6) is 0 Å². The lowest BCUT2D eigenvalue weighted by Gasteiger charge is -2.30. The molecule has 3 heteroatoms. The van der Waals surface area contributed by atoms with Crippen LogP contribution in [0.2, 0.25) is 0 Å². The molecule has 1 aliphatic heterocycles. The Morgan fingerprint density at radius 1 is 1.32 bits per heavy atom. The van der Waals surface area contributed by atoms with Gasteiger partial charge in [-0.1, -0.05) is 39.0 Å². The second kappa shape index (κ2) is 4.97. The molecule has 3 nitrogen and oxygen atoms in total. The summed E-state index contributed by atoms with van der Waals surface area (Å²) in [5.74, 6) is 0.131. The number of likely N-dealkylation sites (N-methyl/N-ethyl adjacent to an activating group) is 1. The second-order valence-electron chi connectivity index (χ2n) is 6.53. The summed E-state index contributed by atoms with van der Waals surface area (Å²) in [5.41, 5.74) is 3.84. The predicted octanol–water partition coefficient (Wildman–Crippen LogP) is 2.26. The van der Waals surface area contributed by atoms with Crippen molar-refractivity contribution in [1.82, 2.24) is 10.2 Å². The molecule has 0 saturated carbocycles. The average Bonchev–Trinajstić information content (AvgIpc) is 2.35. The highest BCUT2D eigenvalue weighted by Crippen LogP contribution is 2.30. The van der Waals surface area contributed by atoms with Gasteiger partial charge in [0.1, 0.15) is 6.04 Å². The maximum Gasteiger partial charge on any atom is 0.243 e. The summed E-state index contributed by atoms with van der Waals surface area (Å²) in [6.45, 7) is 7.47. The monoisotopic (exact) mass is 260 g/mol. The zero-order valence-electron chi connectivity index (χ0n) is 12.6. The van der Waals surface area contributed by atoms with Crippen LogP contribution in [-0.2, 0) is 16.6 Å². The molecule has 104 valence electrons. The van der Waals surface area contributed by atoms with Crippen molar-refractivity contribution in [3.63, 3.8) is 0 Å². The van der Waals surface area contributed by atoms with E-state index in [-0.39, 0.29) is 17.4 Å². The first-order valence-electron chi connectivity index (χ1n) is 6.88. The molecule has 1 N–H and O–H groups in total. The molecule has 1 unspecified atom stereocenters. The minimum Gasteiger partial charge on any atom is -0.347 e. The number of nitrogens with one attached hydrogen (secondary N) is 1. The number of hydrogen-bond donors (Lipinski definition) is 1. The normalized spacial score (nSPS) is 18.9. The molecule has 1 aliphatic rings. The third-order valence-corrected chi connectivity index (χ3v) is 3.75. The van der Waals surface area contributed by atoms with Gasteiger partial charge in [-0.3, -0.25) is 4.79 Å². The van der Waals surface area contributed by atoms with Crippen LogP contribution in [0, 0.1) is 0 Å². The smallest absolute Gasteiger partial charge is 0.243 e. The van der Waals surface area contributed by atoms with Crippen LogP contribution in [-0.4, -0.2) is 31.4 Å². The van der Waals surface area contributed by atoms with Crippen molar-refractivity contribution in [2.75, 3.05) is 20.6 Å². The predicted molar refractivity (Wildman–Crippen MR) is 78.3 cm³/mol. The summed E-state index contributed by atoms with van der Waals surface area (Å²) in [5, 5.41) is 3.34. The molecule has 1 heterocycles. The molecule has 1 aromatic carbocycles. The van der Waals surface area contributed by atoms with Gasteiger partial charge in [0, 0.05) is 20.6 Å². The van der Waals surface area contributed by atoms with E-state index < -0.39 is 0 Å². The molecule has 2 rings (SSSR count). The van der Waals surface area contributed by atoms with E-state index >= 15 is 0 Å². The maximum absolute atomic E-state index is 12.3. The Bertz CT molecular complexity index is 486. The molecule has 0 aliphatic carbocycles. The lowest BCUT2D eigenvalue weighted by atomic mass is 9.82. The summed E-state index contributed by atoms with van der Waals surface area (Å²) in [7, 11) is 3.62. The van der Waals surface area contributed by atoms with E-state index in [4.69, 9.17) is 0 Å². The van der Waals surface area contributed by atoms with Gasteiger partial charge in [-0.05, 0) is 28.5 Å². The highest BCUT2D eigenvalue weighted by atomic mass is 16.2. The van der Waals surface area contributed by atoms with Crippen LogP contribution in [0.1, 0.15) is 43.5 Å². The Hall–Kier alpha value is -1.35. The Morgan fingerprint density at radius 3 is 2.58 bits per heavy atom. The number of rotatable bonds is 1. The Morgan fingerprint density at radius 2 is 2.00 bits per heavy atom. The van der Waals surface area contributed by atoms with E-state index in [0.29, 0.717) is 0 Å². The highest BCUT2D eigenvalue weighted by molar-refractivity contribution is 5.83. The van der Waals surface area contributed by atoms with E-state index in [1.54, 1.807) is 4.90 Å². The fourth-order valence-electron chi connectivity index (χ4n) is 2.50. The van der Waals surface area contributed by atoms with Crippen molar-refractivity contribution in [1.29, 1.82) is 0 Å². The fraction of sp³-hybridized carbons (Fsp3) is 0.562. The van der Waals surface area contributed by atoms with Crippen LogP contribution in [0.4, 0.5) is 0 Å². The standard InChI is InChI=1S/C16H24N2O/c1-16(2,3)12-7-6-11-8-9-17-14(13(11)10-12)15(19)18(4)5/h6-7,10,14,17H,8-9H2,1-5H3. The summed E-state index contributed by atoms with van der Waals surface area (Å²) in [6.07, 6.45) is 0.997. The summed E-state index contributed by atoms with van der Waals surface area (Å²) in [4.78, 5) is 13.9. The van der Waals surface area contributed by atoms with E-state index in [0.717, 1.165) is 18.5 Å². The minimum atomic E-state index is -0.193. The van der Waals surface area contributed by atoms with Crippen LogP contribution in [0.3, 0.4) is 0 Å². The number of benzene rings is 1. The quantitative estimate of drug-likeness (QED) is 0.840. The molecule has 0 bridgehead atoms. The minimum absolute atomic E-state index is 0.109. The molecular formula is C16H24N2O. The molecule has 1 atom stereocenters. The van der Waals surface area contributed by atoms with E-state index in [1.165, 1.54) is 11.1 Å². The Labute approximate surface area is 116 Å². The van der Waals surface area contributed by atoms with Gasteiger partial charge >= 0.3 is 0 Å². The Balaban J connectivity index is 2.44. The maximum atomic E-state index is 12.3. The molecule has 0 radical (unpaired) electrons. The van der Waals surface area contributed by atoms with Crippen molar-refractivity contribution in [3.05, 3.63) is 34.9 Å². The first kappa shape index (κ1) is 14.1. The molecule has 1 aromatic rings. The lowest BCUT2D eigenvalue weighted by Crippen LogP contribution is -2.41. The summed E-state index contributed by atoms with van der Waals surface area (Å²) < 4.78 is 0. The van der Waals surface area contributed by atoms with E-state index in [9.17, 15) is 4.79 Å². The third kappa shape index (κ3) is 2.81. The second-order valence-corrected chi connectivity index (χ2v) is 6.53. The molecular weight excluding hydrogens is 236 g/mol. The van der Waals surface area contributed by atoms with Crippen molar-refractivity contribution in [2.45, 2.75) is 38.6 Å². The number of carbonyl (C=O) groups is 1. The first-order chi connectivity index (χ1) is 8.80. The van der Waals surface area contributed by atoms with E-state index in [2.05, 4.69) is 44.3 Å². The third-order valence-electron chi connectivity index (χ3n) is 3.75. The molecule has 1 amide bonds.